The molecule has 0 aromatic carbocycles. The molecule has 1 aromatic heterocycles. The summed E-state index contributed by atoms with van der Waals surface area (Å²) in [4.78, 5) is 11.1. The molecule has 1 heterocycles. The van der Waals surface area contributed by atoms with Gasteiger partial charge in [0.1, 0.15) is 0 Å². The molecule has 0 N–H and O–H groups in total. The first-order valence-corrected chi connectivity index (χ1v) is 4.35. The first kappa shape index (κ1) is 9.71. The lowest BCUT2D eigenvalue weighted by Gasteiger charge is -1.92. The molecule has 0 saturated carbocycles. The number of ketones is 1. The van der Waals surface area contributed by atoms with E-state index >= 15 is 0 Å². The van der Waals surface area contributed by atoms with Crippen LogP contribution in [-0.4, -0.2) is 15.6 Å². The Labute approximate surface area is 78.1 Å². The highest BCUT2D eigenvalue weighted by atomic mass is 16.1. The number of nitrogens with zero attached hydrogens (tertiary/aromatic N) is 2. The zero-order chi connectivity index (χ0) is 9.68. The quantitative estimate of drug-likeness (QED) is 0.655. The minimum absolute atomic E-state index is 0.173. The number of aryl methyl sites for hydroxylation is 2. The summed E-state index contributed by atoms with van der Waals surface area (Å²) in [6.45, 7) is 1.85. The second-order valence-electron chi connectivity index (χ2n) is 2.99. The van der Waals surface area contributed by atoms with Crippen LogP contribution in [-0.2, 0) is 18.3 Å². The summed E-state index contributed by atoms with van der Waals surface area (Å²) in [7, 11) is 1.87. The van der Waals surface area contributed by atoms with E-state index in [9.17, 15) is 4.79 Å². The fourth-order valence-corrected chi connectivity index (χ4v) is 1.14. The Balaban J connectivity index is 2.39. The van der Waals surface area contributed by atoms with E-state index in [4.69, 9.17) is 0 Å². The molecule has 1 aromatic rings. The second kappa shape index (κ2) is 4.60. The lowest BCUT2D eigenvalue weighted by molar-refractivity contribution is -0.114. The topological polar surface area (TPSA) is 34.9 Å². The number of aromatic nitrogens is 2. The van der Waals surface area contributed by atoms with Gasteiger partial charge in [-0.3, -0.25) is 9.48 Å². The summed E-state index contributed by atoms with van der Waals surface area (Å²) in [6, 6.07) is 0. The Morgan fingerprint density at radius 3 is 3.00 bits per heavy atom. The van der Waals surface area contributed by atoms with E-state index in [1.807, 2.05) is 20.2 Å². The predicted octanol–water partition coefficient (Wildman–Crippen LogP) is 1.50. The largest absolute Gasteiger partial charge is 0.295 e. The molecule has 0 aliphatic heterocycles. The molecule has 0 unspecified atom stereocenters. The zero-order valence-corrected chi connectivity index (χ0v) is 8.03. The summed E-state index contributed by atoms with van der Waals surface area (Å²) < 4.78 is 1.75. The number of hydrogen-bond acceptors (Lipinski definition) is 2. The van der Waals surface area contributed by atoms with Crippen molar-refractivity contribution in [2.24, 2.45) is 7.05 Å². The second-order valence-corrected chi connectivity index (χ2v) is 2.99. The van der Waals surface area contributed by atoms with Crippen LogP contribution in [0, 0.1) is 0 Å². The molecule has 0 aliphatic rings. The average molecular weight is 178 g/mol. The third-order valence-electron chi connectivity index (χ3n) is 1.77. The van der Waals surface area contributed by atoms with E-state index in [0.717, 1.165) is 12.0 Å². The maximum Gasteiger partial charge on any atom is 0.155 e. The molecule has 3 nitrogen and oxygen atoms in total. The van der Waals surface area contributed by atoms with E-state index in [1.54, 1.807) is 23.0 Å². The molecule has 1 rings (SSSR count). The van der Waals surface area contributed by atoms with Crippen LogP contribution in [0.5, 0.6) is 0 Å². The summed E-state index contributed by atoms with van der Waals surface area (Å²) in [5.41, 5.74) is 1.11. The average Bonchev–Trinajstić information content (AvgIpc) is 2.49. The molecule has 0 atom stereocenters. The van der Waals surface area contributed by atoms with E-state index in [-0.39, 0.29) is 5.78 Å². The van der Waals surface area contributed by atoms with Crippen LogP contribution in [0.25, 0.3) is 0 Å². The van der Waals surface area contributed by atoms with Crippen molar-refractivity contribution >= 4 is 5.78 Å². The molecule has 13 heavy (non-hydrogen) atoms. The fourth-order valence-electron chi connectivity index (χ4n) is 1.14. The van der Waals surface area contributed by atoms with E-state index in [0.29, 0.717) is 6.42 Å². The predicted molar refractivity (Wildman–Crippen MR) is 51.4 cm³/mol. The van der Waals surface area contributed by atoms with Gasteiger partial charge in [0.25, 0.3) is 0 Å². The van der Waals surface area contributed by atoms with E-state index in [2.05, 4.69) is 5.10 Å². The molecule has 0 spiro atoms. The van der Waals surface area contributed by atoms with Gasteiger partial charge in [0.15, 0.2) is 5.78 Å². The molecule has 0 saturated heterocycles. The van der Waals surface area contributed by atoms with Crippen LogP contribution in [0.15, 0.2) is 24.5 Å². The summed E-state index contributed by atoms with van der Waals surface area (Å²) >= 11 is 0. The highest BCUT2D eigenvalue weighted by molar-refractivity contribution is 5.89. The van der Waals surface area contributed by atoms with Crippen molar-refractivity contribution in [3.05, 3.63) is 30.1 Å². The van der Waals surface area contributed by atoms with Gasteiger partial charge in [-0.1, -0.05) is 6.08 Å². The zero-order valence-electron chi connectivity index (χ0n) is 8.03. The first-order valence-electron chi connectivity index (χ1n) is 4.35. The SMILES string of the molecule is C/C=C/C(=O)CCc1cnn(C)c1. The van der Waals surface area contributed by atoms with Crippen LogP contribution in [0.1, 0.15) is 18.9 Å². The van der Waals surface area contributed by atoms with Gasteiger partial charge in [0.2, 0.25) is 0 Å². The number of hydrogen-bond donors (Lipinski definition) is 0. The van der Waals surface area contributed by atoms with Crippen molar-refractivity contribution in [3.8, 4) is 0 Å². The molecule has 3 heteroatoms. The number of allylic oxidation sites excluding steroid dienone is 2. The molecule has 0 aliphatic carbocycles. The monoisotopic (exact) mass is 178 g/mol. The van der Waals surface area contributed by atoms with Crippen molar-refractivity contribution < 1.29 is 4.79 Å². The lowest BCUT2D eigenvalue weighted by Crippen LogP contribution is -1.94. The van der Waals surface area contributed by atoms with E-state index in [1.165, 1.54) is 0 Å². The van der Waals surface area contributed by atoms with Crippen molar-refractivity contribution in [3.63, 3.8) is 0 Å². The normalized spacial score (nSPS) is 10.9. The Kier molecular flexibility index (Phi) is 3.43. The fraction of sp³-hybridized carbons (Fsp3) is 0.400. The number of carbonyl (C=O) groups is 1. The van der Waals surface area contributed by atoms with Crippen molar-refractivity contribution in [1.82, 2.24) is 9.78 Å². The highest BCUT2D eigenvalue weighted by Crippen LogP contribution is 2.01. The maximum absolute atomic E-state index is 11.1. The molecule has 0 radical (unpaired) electrons. The van der Waals surface area contributed by atoms with Crippen LogP contribution < -0.4 is 0 Å². The molecule has 0 bridgehead atoms. The molecule has 70 valence electrons. The van der Waals surface area contributed by atoms with Crippen LogP contribution in [0.4, 0.5) is 0 Å². The van der Waals surface area contributed by atoms with Gasteiger partial charge in [0.05, 0.1) is 6.20 Å². The highest BCUT2D eigenvalue weighted by Gasteiger charge is 1.99. The lowest BCUT2D eigenvalue weighted by atomic mass is 10.1. The van der Waals surface area contributed by atoms with Gasteiger partial charge in [-0.05, 0) is 25.0 Å². The molecular formula is C10H14N2O. The standard InChI is InChI=1S/C10H14N2O/c1-3-4-10(13)6-5-9-7-11-12(2)8-9/h3-4,7-8H,5-6H2,1-2H3/b4-3+. The van der Waals surface area contributed by atoms with Gasteiger partial charge in [-0.2, -0.15) is 5.10 Å². The minimum Gasteiger partial charge on any atom is -0.295 e. The number of rotatable bonds is 4. The van der Waals surface area contributed by atoms with Gasteiger partial charge in [-0.15, -0.1) is 0 Å². The molecule has 0 amide bonds. The number of carbonyl (C=O) groups excluding carboxylic acids is 1. The third-order valence-corrected chi connectivity index (χ3v) is 1.77. The minimum atomic E-state index is 0.173. The third kappa shape index (κ3) is 3.23. The smallest absolute Gasteiger partial charge is 0.155 e. The Hall–Kier alpha value is -1.38. The summed E-state index contributed by atoms with van der Waals surface area (Å²) in [6.07, 6.45) is 8.45. The molecule has 0 fully saturated rings. The van der Waals surface area contributed by atoms with Crippen molar-refractivity contribution in [2.75, 3.05) is 0 Å². The summed E-state index contributed by atoms with van der Waals surface area (Å²) in [5, 5.41) is 4.03. The Morgan fingerprint density at radius 1 is 1.69 bits per heavy atom. The van der Waals surface area contributed by atoms with Crippen LogP contribution in [0.3, 0.4) is 0 Å². The van der Waals surface area contributed by atoms with Crippen LogP contribution in [0.2, 0.25) is 0 Å². The van der Waals surface area contributed by atoms with E-state index < -0.39 is 0 Å². The Morgan fingerprint density at radius 2 is 2.46 bits per heavy atom. The van der Waals surface area contributed by atoms with Gasteiger partial charge in [0, 0.05) is 19.7 Å². The van der Waals surface area contributed by atoms with Crippen molar-refractivity contribution in [2.45, 2.75) is 19.8 Å². The van der Waals surface area contributed by atoms with Gasteiger partial charge in [-0.25, -0.2) is 0 Å². The summed E-state index contributed by atoms with van der Waals surface area (Å²) in [5.74, 6) is 0.173. The Bertz CT molecular complexity index is 312. The van der Waals surface area contributed by atoms with Crippen molar-refractivity contribution in [1.29, 1.82) is 0 Å². The van der Waals surface area contributed by atoms with Gasteiger partial charge >= 0.3 is 0 Å². The maximum atomic E-state index is 11.1. The first-order chi connectivity index (χ1) is 6.22. The molecular weight excluding hydrogens is 164 g/mol. The van der Waals surface area contributed by atoms with Crippen LogP contribution >= 0.6 is 0 Å². The van der Waals surface area contributed by atoms with Gasteiger partial charge < -0.3 is 0 Å².